The Kier molecular flexibility index (Phi) is 8.31. The van der Waals surface area contributed by atoms with Gasteiger partial charge >= 0.3 is 6.18 Å². The van der Waals surface area contributed by atoms with Gasteiger partial charge in [0.15, 0.2) is 0 Å². The van der Waals surface area contributed by atoms with Crippen molar-refractivity contribution in [2.75, 3.05) is 32.8 Å². The van der Waals surface area contributed by atoms with E-state index >= 15 is 0 Å². The van der Waals surface area contributed by atoms with Crippen LogP contribution in [0.5, 0.6) is 0 Å². The van der Waals surface area contributed by atoms with E-state index in [0.29, 0.717) is 0 Å². The number of alkyl halides is 3. The molecular formula is C21H26ClF3N2O. The van der Waals surface area contributed by atoms with E-state index in [4.69, 9.17) is 0 Å². The van der Waals surface area contributed by atoms with Crippen LogP contribution in [0.25, 0.3) is 11.1 Å². The van der Waals surface area contributed by atoms with Crippen LogP contribution in [0.15, 0.2) is 48.5 Å². The summed E-state index contributed by atoms with van der Waals surface area (Å²) in [5, 5.41) is 12.6. The molecule has 7 heteroatoms. The van der Waals surface area contributed by atoms with Crippen molar-refractivity contribution in [2.45, 2.75) is 25.1 Å². The third-order valence-corrected chi connectivity index (χ3v) is 5.07. The van der Waals surface area contributed by atoms with Crippen molar-refractivity contribution < 1.29 is 18.3 Å². The number of nitrogens with one attached hydrogen (secondary N) is 1. The van der Waals surface area contributed by atoms with Crippen LogP contribution in [0.3, 0.4) is 0 Å². The molecule has 2 N–H and O–H groups in total. The van der Waals surface area contributed by atoms with E-state index < -0.39 is 11.7 Å². The maximum atomic E-state index is 12.7. The number of aliphatic hydroxyl groups is 1. The fraction of sp³-hybridized carbons (Fsp3) is 0.429. The summed E-state index contributed by atoms with van der Waals surface area (Å²) in [6, 6.07) is 13.5. The molecular weight excluding hydrogens is 389 g/mol. The van der Waals surface area contributed by atoms with Crippen molar-refractivity contribution in [1.82, 2.24) is 10.2 Å². The lowest BCUT2D eigenvalue weighted by Crippen LogP contribution is -2.45. The summed E-state index contributed by atoms with van der Waals surface area (Å²) < 4.78 is 38.1. The van der Waals surface area contributed by atoms with E-state index in [0.717, 1.165) is 62.3 Å². The first-order valence-electron chi connectivity index (χ1n) is 9.32. The highest BCUT2D eigenvalue weighted by Gasteiger charge is 2.30. The lowest BCUT2D eigenvalue weighted by molar-refractivity contribution is -0.137. The summed E-state index contributed by atoms with van der Waals surface area (Å²) in [4.78, 5) is 2.43. The Bertz CT molecular complexity index is 714. The van der Waals surface area contributed by atoms with Crippen molar-refractivity contribution in [1.29, 1.82) is 0 Å². The zero-order valence-electron chi connectivity index (χ0n) is 15.6. The highest BCUT2D eigenvalue weighted by molar-refractivity contribution is 5.85. The molecule has 154 valence electrons. The van der Waals surface area contributed by atoms with Gasteiger partial charge < -0.3 is 10.4 Å². The van der Waals surface area contributed by atoms with E-state index in [1.807, 2.05) is 12.1 Å². The maximum Gasteiger partial charge on any atom is 0.416 e. The number of hydrogen-bond donors (Lipinski definition) is 2. The smallest absolute Gasteiger partial charge is 0.396 e. The van der Waals surface area contributed by atoms with Crippen LogP contribution in [-0.2, 0) is 6.18 Å². The molecule has 2 aromatic rings. The minimum Gasteiger partial charge on any atom is -0.396 e. The van der Waals surface area contributed by atoms with Gasteiger partial charge in [-0.15, -0.1) is 12.4 Å². The first-order chi connectivity index (χ1) is 13.0. The lowest BCUT2D eigenvalue weighted by Gasteiger charge is -2.35. The summed E-state index contributed by atoms with van der Waals surface area (Å²) >= 11 is 0. The van der Waals surface area contributed by atoms with E-state index in [1.54, 1.807) is 0 Å². The number of hydrogen-bond acceptors (Lipinski definition) is 3. The molecule has 0 amide bonds. The Hall–Kier alpha value is -1.60. The Balaban J connectivity index is 0.00000280. The minimum atomic E-state index is -4.31. The predicted molar refractivity (Wildman–Crippen MR) is 108 cm³/mol. The summed E-state index contributed by atoms with van der Waals surface area (Å²) in [6.07, 6.45) is -2.68. The topological polar surface area (TPSA) is 35.5 Å². The Morgan fingerprint density at radius 3 is 1.96 bits per heavy atom. The second-order valence-corrected chi connectivity index (χ2v) is 6.86. The molecule has 1 aliphatic rings. The average Bonchev–Trinajstić information content (AvgIpc) is 2.69. The van der Waals surface area contributed by atoms with E-state index in [9.17, 15) is 18.3 Å². The second-order valence-electron chi connectivity index (χ2n) is 6.86. The van der Waals surface area contributed by atoms with Gasteiger partial charge in [-0.1, -0.05) is 36.4 Å². The van der Waals surface area contributed by atoms with Gasteiger partial charge in [0, 0.05) is 38.8 Å². The monoisotopic (exact) mass is 414 g/mol. The van der Waals surface area contributed by atoms with Crippen molar-refractivity contribution >= 4 is 12.4 Å². The number of benzene rings is 2. The first kappa shape index (κ1) is 22.7. The first-order valence-corrected chi connectivity index (χ1v) is 9.32. The second kappa shape index (κ2) is 10.3. The summed E-state index contributed by atoms with van der Waals surface area (Å²) in [6.45, 7) is 4.03. The third kappa shape index (κ3) is 5.70. The van der Waals surface area contributed by atoms with Crippen LogP contribution in [0, 0.1) is 0 Å². The highest BCUT2D eigenvalue weighted by Crippen LogP contribution is 2.32. The lowest BCUT2D eigenvalue weighted by atomic mass is 9.96. The molecule has 0 saturated carbocycles. The molecule has 1 saturated heterocycles. The van der Waals surface area contributed by atoms with Gasteiger partial charge in [-0.05, 0) is 41.7 Å². The molecule has 0 spiro atoms. The van der Waals surface area contributed by atoms with E-state index in [2.05, 4.69) is 22.3 Å². The normalized spacial score (nSPS) is 16.4. The Morgan fingerprint density at radius 2 is 1.46 bits per heavy atom. The van der Waals surface area contributed by atoms with Crippen LogP contribution in [0.2, 0.25) is 0 Å². The number of rotatable bonds is 6. The fourth-order valence-corrected chi connectivity index (χ4v) is 3.59. The zero-order valence-corrected chi connectivity index (χ0v) is 16.4. The molecule has 28 heavy (non-hydrogen) atoms. The van der Waals surface area contributed by atoms with Crippen LogP contribution in [0.4, 0.5) is 13.2 Å². The molecule has 3 nitrogen and oxygen atoms in total. The van der Waals surface area contributed by atoms with E-state index in [-0.39, 0.29) is 25.1 Å². The SMILES string of the molecule is Cl.OCCC[C@H](c1ccc(-c2ccc(C(F)(F)F)cc2)cc1)N1CCNCC1. The molecule has 0 unspecified atom stereocenters. The largest absolute Gasteiger partial charge is 0.416 e. The number of nitrogens with zero attached hydrogens (tertiary/aromatic N) is 1. The minimum absolute atomic E-state index is 0. The molecule has 0 bridgehead atoms. The van der Waals surface area contributed by atoms with Crippen LogP contribution >= 0.6 is 12.4 Å². The van der Waals surface area contributed by atoms with Crippen molar-refractivity contribution in [3.8, 4) is 11.1 Å². The molecule has 1 fully saturated rings. The highest BCUT2D eigenvalue weighted by atomic mass is 35.5. The molecule has 0 aromatic heterocycles. The molecule has 1 aliphatic heterocycles. The van der Waals surface area contributed by atoms with Crippen molar-refractivity contribution in [3.05, 3.63) is 59.7 Å². The van der Waals surface area contributed by atoms with Crippen LogP contribution < -0.4 is 5.32 Å². The molecule has 3 rings (SSSR count). The number of halogens is 4. The molecule has 1 atom stereocenters. The molecule has 0 aliphatic carbocycles. The van der Waals surface area contributed by atoms with E-state index in [1.165, 1.54) is 17.7 Å². The third-order valence-electron chi connectivity index (χ3n) is 5.07. The summed E-state index contributed by atoms with van der Waals surface area (Å²) in [7, 11) is 0. The zero-order chi connectivity index (χ0) is 19.3. The molecule has 0 radical (unpaired) electrons. The van der Waals surface area contributed by atoms with Gasteiger partial charge in [0.05, 0.1) is 5.56 Å². The fourth-order valence-electron chi connectivity index (χ4n) is 3.59. The molecule has 2 aromatic carbocycles. The van der Waals surface area contributed by atoms with Crippen molar-refractivity contribution in [2.24, 2.45) is 0 Å². The van der Waals surface area contributed by atoms with Gasteiger partial charge in [0.25, 0.3) is 0 Å². The number of aliphatic hydroxyl groups excluding tert-OH is 1. The Labute approximate surface area is 170 Å². The average molecular weight is 415 g/mol. The van der Waals surface area contributed by atoms with Gasteiger partial charge in [0.1, 0.15) is 0 Å². The van der Waals surface area contributed by atoms with Gasteiger partial charge in [-0.25, -0.2) is 0 Å². The predicted octanol–water partition coefficient (Wildman–Crippen LogP) is 4.51. The number of piperazine rings is 1. The van der Waals surface area contributed by atoms with Crippen LogP contribution in [0.1, 0.15) is 30.0 Å². The quantitative estimate of drug-likeness (QED) is 0.729. The standard InChI is InChI=1S/C21H25F3N2O.ClH/c22-21(23,24)19-9-7-17(8-10-19)16-3-5-18(6-4-16)20(2-1-15-27)26-13-11-25-12-14-26;/h3-10,20,25,27H,1-2,11-15H2;1H/t20-;/m1./s1. The Morgan fingerprint density at radius 1 is 0.929 bits per heavy atom. The molecule has 1 heterocycles. The van der Waals surface area contributed by atoms with Gasteiger partial charge in [-0.2, -0.15) is 13.2 Å². The van der Waals surface area contributed by atoms with Gasteiger partial charge in [0.2, 0.25) is 0 Å². The van der Waals surface area contributed by atoms with Gasteiger partial charge in [-0.3, -0.25) is 4.90 Å². The van der Waals surface area contributed by atoms with Crippen molar-refractivity contribution in [3.63, 3.8) is 0 Å². The van der Waals surface area contributed by atoms with Crippen LogP contribution in [-0.4, -0.2) is 42.8 Å². The summed E-state index contributed by atoms with van der Waals surface area (Å²) in [5.41, 5.74) is 2.21. The summed E-state index contributed by atoms with van der Waals surface area (Å²) in [5.74, 6) is 0. The maximum absolute atomic E-state index is 12.7.